The van der Waals surface area contributed by atoms with E-state index in [2.05, 4.69) is 4.18 Å². The van der Waals surface area contributed by atoms with Gasteiger partial charge in [0.2, 0.25) is 0 Å². The fraction of sp³-hybridized carbons (Fsp3) is 0.889. The number of carbonyl (C=O) groups is 1. The van der Waals surface area contributed by atoms with Crippen molar-refractivity contribution in [2.75, 3.05) is 26.0 Å². The van der Waals surface area contributed by atoms with E-state index in [1.165, 1.54) is 4.90 Å². The molecule has 1 saturated carbocycles. The number of amides is 1. The minimum Gasteiger partial charge on any atom is -0.465 e. The minimum absolute atomic E-state index is 0.140. The molecule has 2 rings (SSSR count). The second kappa shape index (κ2) is 4.11. The average Bonchev–Trinajstić information content (AvgIpc) is 2.96. The Morgan fingerprint density at radius 1 is 1.59 bits per heavy atom. The smallest absolute Gasteiger partial charge is 0.407 e. The molecule has 1 amide bonds. The zero-order chi connectivity index (χ0) is 12.7. The zero-order valence-corrected chi connectivity index (χ0v) is 10.3. The highest BCUT2D eigenvalue weighted by Crippen LogP contribution is 2.44. The summed E-state index contributed by atoms with van der Waals surface area (Å²) in [6, 6.07) is 0. The Morgan fingerprint density at radius 2 is 2.24 bits per heavy atom. The standard InChI is InChI=1S/C9H15NO6S/c1-17(13,14)16-5-7-4-10(8(11)12)9(2-3-9)6-15-7/h7H,2-6H2,1H3,(H,11,12). The van der Waals surface area contributed by atoms with Crippen LogP contribution in [-0.2, 0) is 19.0 Å². The summed E-state index contributed by atoms with van der Waals surface area (Å²) in [5.41, 5.74) is -0.368. The van der Waals surface area contributed by atoms with Crippen LogP contribution >= 0.6 is 0 Å². The number of rotatable bonds is 3. The van der Waals surface area contributed by atoms with Gasteiger partial charge in [-0.25, -0.2) is 4.79 Å². The maximum Gasteiger partial charge on any atom is 0.407 e. The van der Waals surface area contributed by atoms with Gasteiger partial charge in [-0.2, -0.15) is 8.42 Å². The SMILES string of the molecule is CS(=O)(=O)OCC1CN(C(=O)O)C2(CC2)CO1. The number of ether oxygens (including phenoxy) is 1. The van der Waals surface area contributed by atoms with E-state index in [-0.39, 0.29) is 18.7 Å². The number of nitrogens with zero attached hydrogens (tertiary/aromatic N) is 1. The first kappa shape index (κ1) is 12.6. The Morgan fingerprint density at radius 3 is 2.71 bits per heavy atom. The molecule has 1 N–H and O–H groups in total. The van der Waals surface area contributed by atoms with Crippen LogP contribution in [0.1, 0.15) is 12.8 Å². The van der Waals surface area contributed by atoms with Crippen molar-refractivity contribution < 1.29 is 27.2 Å². The van der Waals surface area contributed by atoms with Crippen LogP contribution in [0.5, 0.6) is 0 Å². The van der Waals surface area contributed by atoms with E-state index in [9.17, 15) is 13.2 Å². The van der Waals surface area contributed by atoms with Crippen molar-refractivity contribution in [1.29, 1.82) is 0 Å². The number of carboxylic acid groups (broad SMARTS) is 1. The average molecular weight is 265 g/mol. The lowest BCUT2D eigenvalue weighted by Crippen LogP contribution is -2.54. The number of hydrogen-bond acceptors (Lipinski definition) is 5. The molecule has 0 aromatic heterocycles. The van der Waals surface area contributed by atoms with E-state index in [1.807, 2.05) is 0 Å². The van der Waals surface area contributed by atoms with Crippen molar-refractivity contribution in [2.24, 2.45) is 0 Å². The summed E-state index contributed by atoms with van der Waals surface area (Å²) in [5, 5.41) is 9.07. The Kier molecular flexibility index (Phi) is 3.04. The molecule has 1 heterocycles. The largest absolute Gasteiger partial charge is 0.465 e. The monoisotopic (exact) mass is 265 g/mol. The summed E-state index contributed by atoms with van der Waals surface area (Å²) in [6.07, 6.45) is 1.05. The molecule has 17 heavy (non-hydrogen) atoms. The Balaban J connectivity index is 1.93. The lowest BCUT2D eigenvalue weighted by Gasteiger charge is -2.38. The molecule has 7 nitrogen and oxygen atoms in total. The summed E-state index contributed by atoms with van der Waals surface area (Å²) in [4.78, 5) is 12.4. The fourth-order valence-corrected chi connectivity index (χ4v) is 2.34. The van der Waals surface area contributed by atoms with Gasteiger partial charge in [0.15, 0.2) is 0 Å². The van der Waals surface area contributed by atoms with Gasteiger partial charge in [-0.05, 0) is 12.8 Å². The van der Waals surface area contributed by atoms with Crippen LogP contribution in [0.2, 0.25) is 0 Å². The van der Waals surface area contributed by atoms with Crippen LogP contribution < -0.4 is 0 Å². The molecule has 1 aliphatic heterocycles. The van der Waals surface area contributed by atoms with E-state index in [0.717, 1.165) is 19.1 Å². The van der Waals surface area contributed by atoms with Gasteiger partial charge in [0.1, 0.15) is 6.10 Å². The summed E-state index contributed by atoms with van der Waals surface area (Å²) >= 11 is 0. The van der Waals surface area contributed by atoms with Crippen molar-refractivity contribution in [3.05, 3.63) is 0 Å². The molecule has 0 radical (unpaired) electrons. The van der Waals surface area contributed by atoms with Crippen LogP contribution in [0.4, 0.5) is 4.79 Å². The second-order valence-corrected chi connectivity index (χ2v) is 6.18. The number of morpholine rings is 1. The summed E-state index contributed by atoms with van der Waals surface area (Å²) in [5.74, 6) is 0. The first-order valence-electron chi connectivity index (χ1n) is 5.29. The highest BCUT2D eigenvalue weighted by atomic mass is 32.2. The van der Waals surface area contributed by atoms with E-state index in [1.54, 1.807) is 0 Å². The molecule has 1 spiro atoms. The van der Waals surface area contributed by atoms with Crippen molar-refractivity contribution in [3.63, 3.8) is 0 Å². The predicted molar refractivity (Wildman–Crippen MR) is 57.2 cm³/mol. The highest BCUT2D eigenvalue weighted by Gasteiger charge is 2.54. The molecule has 0 aromatic rings. The molecule has 1 unspecified atom stereocenters. The molecule has 1 saturated heterocycles. The molecular weight excluding hydrogens is 250 g/mol. The Labute approximate surface area is 99.4 Å². The van der Waals surface area contributed by atoms with Gasteiger partial charge in [-0.3, -0.25) is 9.08 Å². The van der Waals surface area contributed by atoms with E-state index in [4.69, 9.17) is 9.84 Å². The molecule has 1 atom stereocenters. The quantitative estimate of drug-likeness (QED) is 0.715. The molecule has 1 aliphatic carbocycles. The van der Waals surface area contributed by atoms with E-state index >= 15 is 0 Å². The summed E-state index contributed by atoms with van der Waals surface area (Å²) in [7, 11) is -3.52. The van der Waals surface area contributed by atoms with E-state index < -0.39 is 22.3 Å². The van der Waals surface area contributed by atoms with Crippen LogP contribution in [0.15, 0.2) is 0 Å². The minimum atomic E-state index is -3.52. The zero-order valence-electron chi connectivity index (χ0n) is 9.46. The topological polar surface area (TPSA) is 93.1 Å². The van der Waals surface area contributed by atoms with Crippen LogP contribution in [0, 0.1) is 0 Å². The van der Waals surface area contributed by atoms with Gasteiger partial charge in [0, 0.05) is 0 Å². The van der Waals surface area contributed by atoms with Crippen LogP contribution in [-0.4, -0.2) is 62.2 Å². The molecular formula is C9H15NO6S. The maximum atomic E-state index is 11.1. The number of hydrogen-bond donors (Lipinski definition) is 1. The van der Waals surface area contributed by atoms with Crippen molar-refractivity contribution in [3.8, 4) is 0 Å². The van der Waals surface area contributed by atoms with Gasteiger partial charge in [0.05, 0.1) is 31.6 Å². The van der Waals surface area contributed by atoms with Crippen molar-refractivity contribution in [1.82, 2.24) is 4.90 Å². The Hall–Kier alpha value is -0.860. The third-order valence-corrected chi connectivity index (χ3v) is 3.64. The molecule has 0 bridgehead atoms. The van der Waals surface area contributed by atoms with Crippen molar-refractivity contribution >= 4 is 16.2 Å². The van der Waals surface area contributed by atoms with Gasteiger partial charge in [-0.1, -0.05) is 0 Å². The third kappa shape index (κ3) is 2.88. The van der Waals surface area contributed by atoms with Gasteiger partial charge in [0.25, 0.3) is 10.1 Å². The molecule has 2 fully saturated rings. The predicted octanol–water partition coefficient (Wildman–Crippen LogP) is -0.126. The van der Waals surface area contributed by atoms with Gasteiger partial charge < -0.3 is 9.84 Å². The van der Waals surface area contributed by atoms with Crippen LogP contribution in [0.25, 0.3) is 0 Å². The summed E-state index contributed by atoms with van der Waals surface area (Å²) < 4.78 is 31.7. The maximum absolute atomic E-state index is 11.1. The molecule has 8 heteroatoms. The van der Waals surface area contributed by atoms with Gasteiger partial charge in [-0.15, -0.1) is 0 Å². The van der Waals surface area contributed by atoms with E-state index in [0.29, 0.717) is 6.61 Å². The van der Waals surface area contributed by atoms with Crippen molar-refractivity contribution in [2.45, 2.75) is 24.5 Å². The third-order valence-electron chi connectivity index (χ3n) is 3.07. The molecule has 0 aromatic carbocycles. The lowest BCUT2D eigenvalue weighted by molar-refractivity contribution is -0.0769. The van der Waals surface area contributed by atoms with Gasteiger partial charge >= 0.3 is 6.09 Å². The Bertz CT molecular complexity index is 415. The molecule has 98 valence electrons. The lowest BCUT2D eigenvalue weighted by atomic mass is 10.1. The molecule has 2 aliphatic rings. The first-order chi connectivity index (χ1) is 7.82. The highest BCUT2D eigenvalue weighted by molar-refractivity contribution is 7.85. The summed E-state index contributed by atoms with van der Waals surface area (Å²) in [6.45, 7) is 0.334. The van der Waals surface area contributed by atoms with Crippen LogP contribution in [0.3, 0.4) is 0 Å². The fourth-order valence-electron chi connectivity index (χ4n) is 1.94. The second-order valence-electron chi connectivity index (χ2n) is 4.54. The normalized spacial score (nSPS) is 27.1. The first-order valence-corrected chi connectivity index (χ1v) is 7.11.